The number of carbonyl (C=O) groups excluding carboxylic acids is 1. The highest BCUT2D eigenvalue weighted by molar-refractivity contribution is 9.10. The SMILES string of the molecule is NCc1c(Br)cccc1NC(=O)c1ccccc1F. The second kappa shape index (κ2) is 5.95. The van der Waals surface area contributed by atoms with Gasteiger partial charge >= 0.3 is 0 Å². The molecule has 19 heavy (non-hydrogen) atoms. The maximum atomic E-state index is 13.5. The molecule has 3 nitrogen and oxygen atoms in total. The quantitative estimate of drug-likeness (QED) is 0.911. The molecule has 0 aliphatic heterocycles. The van der Waals surface area contributed by atoms with Crippen LogP contribution in [0.3, 0.4) is 0 Å². The first-order valence-electron chi connectivity index (χ1n) is 5.67. The molecule has 0 radical (unpaired) electrons. The van der Waals surface area contributed by atoms with Gasteiger partial charge in [-0.3, -0.25) is 4.79 Å². The molecule has 2 aromatic rings. The maximum absolute atomic E-state index is 13.5. The molecule has 0 saturated heterocycles. The fraction of sp³-hybridized carbons (Fsp3) is 0.0714. The van der Waals surface area contributed by atoms with Crippen LogP contribution in [-0.2, 0) is 6.54 Å². The van der Waals surface area contributed by atoms with E-state index in [4.69, 9.17) is 5.73 Å². The van der Waals surface area contributed by atoms with E-state index in [1.165, 1.54) is 18.2 Å². The van der Waals surface area contributed by atoms with Gasteiger partial charge in [0.15, 0.2) is 0 Å². The Kier molecular flexibility index (Phi) is 4.29. The lowest BCUT2D eigenvalue weighted by molar-refractivity contribution is 0.102. The Hall–Kier alpha value is -1.72. The average Bonchev–Trinajstić information content (AvgIpc) is 2.39. The van der Waals surface area contributed by atoms with E-state index >= 15 is 0 Å². The minimum absolute atomic E-state index is 0.00504. The molecular formula is C14H12BrFN2O. The second-order valence-corrected chi connectivity index (χ2v) is 4.76. The molecule has 0 heterocycles. The van der Waals surface area contributed by atoms with Crippen molar-refractivity contribution in [2.45, 2.75) is 6.54 Å². The molecule has 0 aliphatic carbocycles. The van der Waals surface area contributed by atoms with E-state index in [1.54, 1.807) is 18.2 Å². The summed E-state index contributed by atoms with van der Waals surface area (Å²) >= 11 is 3.36. The van der Waals surface area contributed by atoms with E-state index in [1.807, 2.05) is 6.07 Å². The van der Waals surface area contributed by atoms with E-state index in [9.17, 15) is 9.18 Å². The number of benzene rings is 2. The van der Waals surface area contributed by atoms with Crippen LogP contribution in [0.25, 0.3) is 0 Å². The Morgan fingerprint density at radius 3 is 2.63 bits per heavy atom. The second-order valence-electron chi connectivity index (χ2n) is 3.90. The number of rotatable bonds is 3. The van der Waals surface area contributed by atoms with Crippen LogP contribution < -0.4 is 11.1 Å². The van der Waals surface area contributed by atoms with Crippen molar-refractivity contribution in [2.24, 2.45) is 5.73 Å². The minimum Gasteiger partial charge on any atom is -0.326 e. The molecule has 3 N–H and O–H groups in total. The van der Waals surface area contributed by atoms with E-state index in [-0.39, 0.29) is 12.1 Å². The molecule has 2 rings (SSSR count). The number of anilines is 1. The third-order valence-corrected chi connectivity index (χ3v) is 3.43. The molecule has 0 spiro atoms. The predicted molar refractivity (Wildman–Crippen MR) is 76.4 cm³/mol. The van der Waals surface area contributed by atoms with E-state index in [0.717, 1.165) is 10.0 Å². The first-order valence-corrected chi connectivity index (χ1v) is 6.46. The molecule has 0 unspecified atom stereocenters. The summed E-state index contributed by atoms with van der Waals surface area (Å²) in [5.41, 5.74) is 6.99. The van der Waals surface area contributed by atoms with Crippen molar-refractivity contribution in [1.29, 1.82) is 0 Å². The molecule has 98 valence electrons. The van der Waals surface area contributed by atoms with Gasteiger partial charge in [0.2, 0.25) is 0 Å². The number of carbonyl (C=O) groups is 1. The van der Waals surface area contributed by atoms with Crippen LogP contribution in [-0.4, -0.2) is 5.91 Å². The van der Waals surface area contributed by atoms with Crippen LogP contribution in [0.5, 0.6) is 0 Å². The largest absolute Gasteiger partial charge is 0.326 e. The minimum atomic E-state index is -0.552. The normalized spacial score (nSPS) is 10.3. The van der Waals surface area contributed by atoms with Gasteiger partial charge in [0.05, 0.1) is 5.56 Å². The summed E-state index contributed by atoms with van der Waals surface area (Å²) in [6.45, 7) is 0.272. The lowest BCUT2D eigenvalue weighted by Crippen LogP contribution is -2.16. The Balaban J connectivity index is 2.30. The standard InChI is InChI=1S/C14H12BrFN2O/c15-11-5-3-7-13(10(11)8-17)18-14(19)9-4-1-2-6-12(9)16/h1-7H,8,17H2,(H,18,19). The number of hydrogen-bond donors (Lipinski definition) is 2. The Bertz CT molecular complexity index is 616. The fourth-order valence-electron chi connectivity index (χ4n) is 1.72. The predicted octanol–water partition coefficient (Wildman–Crippen LogP) is 3.30. The van der Waals surface area contributed by atoms with E-state index in [0.29, 0.717) is 5.69 Å². The van der Waals surface area contributed by atoms with Crippen LogP contribution in [0.4, 0.5) is 10.1 Å². The first-order chi connectivity index (χ1) is 9.13. The van der Waals surface area contributed by atoms with Gasteiger partial charge in [0.25, 0.3) is 5.91 Å². The molecular weight excluding hydrogens is 311 g/mol. The zero-order valence-electron chi connectivity index (χ0n) is 9.99. The van der Waals surface area contributed by atoms with Crippen molar-refractivity contribution in [2.75, 3.05) is 5.32 Å². The molecule has 0 aliphatic rings. The molecule has 0 bridgehead atoms. The molecule has 5 heteroatoms. The van der Waals surface area contributed by atoms with Crippen molar-refractivity contribution >= 4 is 27.5 Å². The molecule has 2 aromatic carbocycles. The van der Waals surface area contributed by atoms with Gasteiger partial charge in [-0.1, -0.05) is 34.1 Å². The van der Waals surface area contributed by atoms with Crippen molar-refractivity contribution in [3.05, 3.63) is 63.9 Å². The highest BCUT2D eigenvalue weighted by atomic mass is 79.9. The van der Waals surface area contributed by atoms with Crippen molar-refractivity contribution in [3.8, 4) is 0 Å². The van der Waals surface area contributed by atoms with Crippen LogP contribution in [0, 0.1) is 5.82 Å². The number of hydrogen-bond acceptors (Lipinski definition) is 2. The first kappa shape index (κ1) is 13.7. The number of amides is 1. The van der Waals surface area contributed by atoms with Crippen LogP contribution >= 0.6 is 15.9 Å². The molecule has 0 atom stereocenters. The molecule has 1 amide bonds. The van der Waals surface area contributed by atoms with Crippen molar-refractivity contribution < 1.29 is 9.18 Å². The summed E-state index contributed by atoms with van der Waals surface area (Å²) in [7, 11) is 0. The number of halogens is 2. The summed E-state index contributed by atoms with van der Waals surface area (Å²) in [5.74, 6) is -1.05. The van der Waals surface area contributed by atoms with Crippen LogP contribution in [0.2, 0.25) is 0 Å². The van der Waals surface area contributed by atoms with E-state index < -0.39 is 11.7 Å². The number of nitrogens with one attached hydrogen (secondary N) is 1. The molecule has 0 aromatic heterocycles. The Morgan fingerprint density at radius 2 is 1.95 bits per heavy atom. The van der Waals surface area contributed by atoms with Gasteiger partial charge in [0, 0.05) is 22.3 Å². The third kappa shape index (κ3) is 3.00. The monoisotopic (exact) mass is 322 g/mol. The van der Waals surface area contributed by atoms with Gasteiger partial charge in [-0.25, -0.2) is 4.39 Å². The van der Waals surface area contributed by atoms with E-state index in [2.05, 4.69) is 21.2 Å². The molecule has 0 saturated carbocycles. The Morgan fingerprint density at radius 1 is 1.21 bits per heavy atom. The van der Waals surface area contributed by atoms with Gasteiger partial charge in [0.1, 0.15) is 5.82 Å². The maximum Gasteiger partial charge on any atom is 0.258 e. The average molecular weight is 323 g/mol. The van der Waals surface area contributed by atoms with Crippen LogP contribution in [0.15, 0.2) is 46.9 Å². The van der Waals surface area contributed by atoms with Crippen molar-refractivity contribution in [3.63, 3.8) is 0 Å². The summed E-state index contributed by atoms with van der Waals surface area (Å²) in [4.78, 5) is 12.0. The smallest absolute Gasteiger partial charge is 0.258 e. The highest BCUT2D eigenvalue weighted by Crippen LogP contribution is 2.24. The van der Waals surface area contributed by atoms with Gasteiger partial charge in [-0.2, -0.15) is 0 Å². The fourth-order valence-corrected chi connectivity index (χ4v) is 2.25. The van der Waals surface area contributed by atoms with Crippen molar-refractivity contribution in [1.82, 2.24) is 0 Å². The van der Waals surface area contributed by atoms with Crippen LogP contribution in [0.1, 0.15) is 15.9 Å². The van der Waals surface area contributed by atoms with Gasteiger partial charge in [-0.15, -0.1) is 0 Å². The Labute approximate surface area is 118 Å². The number of nitrogens with two attached hydrogens (primary N) is 1. The third-order valence-electron chi connectivity index (χ3n) is 2.69. The lowest BCUT2D eigenvalue weighted by atomic mass is 10.1. The topological polar surface area (TPSA) is 55.1 Å². The summed E-state index contributed by atoms with van der Waals surface area (Å²) < 4.78 is 14.3. The highest BCUT2D eigenvalue weighted by Gasteiger charge is 2.13. The summed E-state index contributed by atoms with van der Waals surface area (Å²) in [5, 5.41) is 2.67. The zero-order chi connectivity index (χ0) is 13.8. The van der Waals surface area contributed by atoms with Gasteiger partial charge < -0.3 is 11.1 Å². The lowest BCUT2D eigenvalue weighted by Gasteiger charge is -2.11. The molecule has 0 fully saturated rings. The zero-order valence-corrected chi connectivity index (χ0v) is 11.6. The van der Waals surface area contributed by atoms with Gasteiger partial charge in [-0.05, 0) is 24.3 Å². The summed E-state index contributed by atoms with van der Waals surface area (Å²) in [6, 6.07) is 11.2. The summed E-state index contributed by atoms with van der Waals surface area (Å²) in [6.07, 6.45) is 0.